The van der Waals surface area contributed by atoms with Gasteiger partial charge in [-0.3, -0.25) is 9.59 Å². The molecular formula is C20H22O3S. The fraction of sp³-hybridized carbons (Fsp3) is 0.300. The summed E-state index contributed by atoms with van der Waals surface area (Å²) in [5, 5.41) is 0. The summed E-state index contributed by atoms with van der Waals surface area (Å²) in [5.74, 6) is 0.617. The summed E-state index contributed by atoms with van der Waals surface area (Å²) in [4.78, 5) is 24.4. The van der Waals surface area contributed by atoms with Crippen LogP contribution in [0.3, 0.4) is 0 Å². The first-order valence-electron chi connectivity index (χ1n) is 7.89. The topological polar surface area (TPSA) is 43.4 Å². The number of hydrogen-bond acceptors (Lipinski definition) is 4. The fourth-order valence-corrected chi connectivity index (χ4v) is 3.44. The van der Waals surface area contributed by atoms with Crippen molar-refractivity contribution in [1.82, 2.24) is 0 Å². The van der Waals surface area contributed by atoms with E-state index in [9.17, 15) is 9.59 Å². The van der Waals surface area contributed by atoms with E-state index in [1.165, 1.54) is 12.7 Å². The van der Waals surface area contributed by atoms with Gasteiger partial charge in [0.25, 0.3) is 0 Å². The van der Waals surface area contributed by atoms with Crippen LogP contribution in [0.15, 0.2) is 54.6 Å². The lowest BCUT2D eigenvalue weighted by Gasteiger charge is -2.14. The molecule has 24 heavy (non-hydrogen) atoms. The van der Waals surface area contributed by atoms with E-state index in [-0.39, 0.29) is 18.2 Å². The number of aryl methyl sites for hydroxylation is 1. The molecule has 1 atom stereocenters. The first-order valence-corrected chi connectivity index (χ1v) is 9.05. The van der Waals surface area contributed by atoms with Crippen LogP contribution in [0.25, 0.3) is 0 Å². The average molecular weight is 342 g/mol. The van der Waals surface area contributed by atoms with Crippen molar-refractivity contribution in [3.8, 4) is 0 Å². The maximum atomic E-state index is 12.4. The predicted octanol–water partition coefficient (Wildman–Crippen LogP) is 4.29. The molecule has 0 radical (unpaired) electrons. The van der Waals surface area contributed by atoms with Crippen molar-refractivity contribution in [3.63, 3.8) is 0 Å². The lowest BCUT2D eigenvalue weighted by molar-refractivity contribution is -0.144. The van der Waals surface area contributed by atoms with E-state index in [2.05, 4.69) is 12.1 Å². The fourth-order valence-electron chi connectivity index (χ4n) is 2.35. The van der Waals surface area contributed by atoms with E-state index >= 15 is 0 Å². The van der Waals surface area contributed by atoms with Crippen molar-refractivity contribution >= 4 is 23.5 Å². The van der Waals surface area contributed by atoms with Gasteiger partial charge < -0.3 is 4.74 Å². The van der Waals surface area contributed by atoms with Crippen LogP contribution >= 0.6 is 11.8 Å². The second kappa shape index (κ2) is 9.28. The minimum absolute atomic E-state index is 0.0225. The van der Waals surface area contributed by atoms with Gasteiger partial charge in [-0.25, -0.2) is 0 Å². The summed E-state index contributed by atoms with van der Waals surface area (Å²) in [7, 11) is 1.37. The highest BCUT2D eigenvalue weighted by molar-refractivity contribution is 7.98. The number of rotatable bonds is 8. The zero-order chi connectivity index (χ0) is 17.4. The summed E-state index contributed by atoms with van der Waals surface area (Å²) in [5.41, 5.74) is 2.95. The van der Waals surface area contributed by atoms with Gasteiger partial charge in [0.1, 0.15) is 0 Å². The van der Waals surface area contributed by atoms with E-state index in [1.807, 2.05) is 49.4 Å². The van der Waals surface area contributed by atoms with Crippen molar-refractivity contribution in [3.05, 3.63) is 71.3 Å². The van der Waals surface area contributed by atoms with Crippen molar-refractivity contribution in [1.29, 1.82) is 0 Å². The van der Waals surface area contributed by atoms with Crippen molar-refractivity contribution in [2.24, 2.45) is 5.92 Å². The Labute approximate surface area is 147 Å². The van der Waals surface area contributed by atoms with Gasteiger partial charge in [-0.15, -0.1) is 0 Å². The highest BCUT2D eigenvalue weighted by atomic mass is 32.2. The molecule has 0 spiro atoms. The van der Waals surface area contributed by atoms with Crippen LogP contribution in [0.2, 0.25) is 0 Å². The lowest BCUT2D eigenvalue weighted by atomic mass is 9.99. The SMILES string of the molecule is COC(=O)C(CSCc1ccccc1)CC(=O)c1ccc(C)cc1. The second-order valence-corrected chi connectivity index (χ2v) is 6.74. The third-order valence-corrected chi connectivity index (χ3v) is 4.95. The summed E-state index contributed by atoms with van der Waals surface area (Å²) in [6.45, 7) is 1.98. The van der Waals surface area contributed by atoms with Gasteiger partial charge in [-0.05, 0) is 12.5 Å². The van der Waals surface area contributed by atoms with Gasteiger partial charge >= 0.3 is 5.97 Å². The van der Waals surface area contributed by atoms with Gasteiger partial charge in [0.15, 0.2) is 5.78 Å². The number of Topliss-reactive ketones (excluding diaryl/α,β-unsaturated/α-hetero) is 1. The number of carbonyl (C=O) groups excluding carboxylic acids is 2. The molecule has 3 nitrogen and oxygen atoms in total. The number of hydrogen-bond donors (Lipinski definition) is 0. The first kappa shape index (κ1) is 18.3. The largest absolute Gasteiger partial charge is 0.469 e. The minimum Gasteiger partial charge on any atom is -0.469 e. The Bertz CT molecular complexity index is 665. The molecule has 0 fully saturated rings. The molecule has 0 aliphatic carbocycles. The molecule has 0 aliphatic heterocycles. The number of thioether (sulfide) groups is 1. The maximum Gasteiger partial charge on any atom is 0.309 e. The number of carbonyl (C=O) groups is 2. The summed E-state index contributed by atoms with van der Waals surface area (Å²) >= 11 is 1.64. The monoisotopic (exact) mass is 342 g/mol. The van der Waals surface area contributed by atoms with Crippen LogP contribution in [0.1, 0.15) is 27.9 Å². The number of methoxy groups -OCH3 is 1. The first-order chi connectivity index (χ1) is 11.6. The van der Waals surface area contributed by atoms with Crippen LogP contribution in [-0.2, 0) is 15.3 Å². The standard InChI is InChI=1S/C20H22O3S/c1-15-8-10-17(11-9-15)19(21)12-18(20(22)23-2)14-24-13-16-6-4-3-5-7-16/h3-11,18H,12-14H2,1-2H3. The Morgan fingerprint density at radius 2 is 1.71 bits per heavy atom. The molecule has 0 aliphatic rings. The number of benzene rings is 2. The van der Waals surface area contributed by atoms with Crippen LogP contribution in [-0.4, -0.2) is 24.6 Å². The van der Waals surface area contributed by atoms with E-state index in [1.54, 1.807) is 11.8 Å². The molecule has 0 heterocycles. The summed E-state index contributed by atoms with van der Waals surface area (Å²) < 4.78 is 4.87. The highest BCUT2D eigenvalue weighted by Crippen LogP contribution is 2.20. The normalized spacial score (nSPS) is 11.8. The Hall–Kier alpha value is -2.07. The van der Waals surface area contributed by atoms with E-state index in [0.29, 0.717) is 11.3 Å². The molecule has 0 saturated carbocycles. The average Bonchev–Trinajstić information content (AvgIpc) is 2.61. The number of esters is 1. The molecular weight excluding hydrogens is 320 g/mol. The van der Waals surface area contributed by atoms with Crippen LogP contribution in [0.4, 0.5) is 0 Å². The number of ketones is 1. The number of ether oxygens (including phenoxy) is 1. The van der Waals surface area contributed by atoms with Gasteiger partial charge in [0, 0.05) is 23.5 Å². The zero-order valence-corrected chi connectivity index (χ0v) is 14.8. The molecule has 1 unspecified atom stereocenters. The van der Waals surface area contributed by atoms with Crippen molar-refractivity contribution < 1.29 is 14.3 Å². The minimum atomic E-state index is -0.419. The summed E-state index contributed by atoms with van der Waals surface area (Å²) in [6, 6.07) is 17.5. The molecule has 0 amide bonds. The third kappa shape index (κ3) is 5.53. The molecule has 0 N–H and O–H groups in total. The van der Waals surface area contributed by atoms with Gasteiger partial charge in [-0.2, -0.15) is 11.8 Å². The smallest absolute Gasteiger partial charge is 0.309 e. The molecule has 2 rings (SSSR count). The van der Waals surface area contributed by atoms with E-state index in [4.69, 9.17) is 4.74 Å². The van der Waals surface area contributed by atoms with Crippen molar-refractivity contribution in [2.75, 3.05) is 12.9 Å². The highest BCUT2D eigenvalue weighted by Gasteiger charge is 2.23. The lowest BCUT2D eigenvalue weighted by Crippen LogP contribution is -2.22. The molecule has 0 bridgehead atoms. The molecule has 2 aromatic carbocycles. The molecule has 0 saturated heterocycles. The van der Waals surface area contributed by atoms with Gasteiger partial charge in [0.05, 0.1) is 13.0 Å². The second-order valence-electron chi connectivity index (χ2n) is 5.71. The van der Waals surface area contributed by atoms with Crippen LogP contribution in [0.5, 0.6) is 0 Å². The molecule has 126 valence electrons. The zero-order valence-electron chi connectivity index (χ0n) is 14.0. The van der Waals surface area contributed by atoms with E-state index < -0.39 is 5.92 Å². The van der Waals surface area contributed by atoms with Gasteiger partial charge in [0.2, 0.25) is 0 Å². The Morgan fingerprint density at radius 1 is 1.04 bits per heavy atom. The van der Waals surface area contributed by atoms with E-state index in [0.717, 1.165) is 11.3 Å². The summed E-state index contributed by atoms with van der Waals surface area (Å²) in [6.07, 6.45) is 0.178. The Balaban J connectivity index is 1.93. The van der Waals surface area contributed by atoms with Gasteiger partial charge in [-0.1, -0.05) is 60.2 Å². The van der Waals surface area contributed by atoms with Crippen LogP contribution < -0.4 is 0 Å². The van der Waals surface area contributed by atoms with Crippen LogP contribution in [0, 0.1) is 12.8 Å². The Kier molecular flexibility index (Phi) is 7.07. The molecule has 4 heteroatoms. The van der Waals surface area contributed by atoms with Crippen molar-refractivity contribution in [2.45, 2.75) is 19.1 Å². The maximum absolute atomic E-state index is 12.4. The predicted molar refractivity (Wildman–Crippen MR) is 98.2 cm³/mol. The quantitative estimate of drug-likeness (QED) is 0.530. The molecule has 0 aromatic heterocycles. The molecule has 2 aromatic rings. The third-order valence-electron chi connectivity index (χ3n) is 3.77. The Morgan fingerprint density at radius 3 is 2.33 bits per heavy atom.